The molecule has 0 saturated heterocycles. The molecule has 0 unspecified atom stereocenters. The van der Waals surface area contributed by atoms with Crippen molar-refractivity contribution >= 4 is 5.78 Å². The van der Waals surface area contributed by atoms with E-state index in [0.29, 0.717) is 5.78 Å². The van der Waals surface area contributed by atoms with Gasteiger partial charge in [-0.15, -0.1) is 0 Å². The summed E-state index contributed by atoms with van der Waals surface area (Å²) < 4.78 is 0. The van der Waals surface area contributed by atoms with E-state index in [9.17, 15) is 4.79 Å². The van der Waals surface area contributed by atoms with Crippen molar-refractivity contribution in [2.45, 2.75) is 33.1 Å². The van der Waals surface area contributed by atoms with Gasteiger partial charge < -0.3 is 6.22 Å². The number of Topliss-reactive ketones (excluding diaryl/α,β-unsaturated/α-hetero) is 1. The molecule has 1 nitrogen and oxygen atoms in total. The Balaban J connectivity index is -0.000000180. The van der Waals surface area contributed by atoms with Gasteiger partial charge in [-0.25, -0.2) is 0 Å². The molecule has 0 rings (SSSR count). The summed E-state index contributed by atoms with van der Waals surface area (Å²) in [5.74, 6) is 0.307. The molecule has 0 aliphatic heterocycles. The monoisotopic (exact) mass is 124 g/mol. The second kappa shape index (κ2) is 7.67. The molecule has 0 N–H and O–H groups in total. The van der Waals surface area contributed by atoms with Gasteiger partial charge in [0.15, 0.2) is 0 Å². The molecule has 8 heavy (non-hydrogen) atoms. The molecule has 0 amide bonds. The van der Waals surface area contributed by atoms with E-state index in [4.69, 9.17) is 0 Å². The molecular weight excluding hydrogens is 111 g/mol. The standard InChI is InChI=1S/C6H12O.Na.H/c1-3-4-5-6(2)7;;/h3-5H2,1-2H3;;/q;+1;-1. The van der Waals surface area contributed by atoms with E-state index in [-0.39, 0.29) is 31.0 Å². The maximum Gasteiger partial charge on any atom is 1.00 e. The van der Waals surface area contributed by atoms with E-state index in [0.717, 1.165) is 19.3 Å². The molecule has 0 bridgehead atoms. The Bertz CT molecular complexity index is 66.1. The summed E-state index contributed by atoms with van der Waals surface area (Å²) in [7, 11) is 0. The maximum atomic E-state index is 10.2. The first-order chi connectivity index (χ1) is 3.27. The van der Waals surface area contributed by atoms with Crippen LogP contribution in [-0.4, -0.2) is 5.78 Å². The van der Waals surface area contributed by atoms with Crippen molar-refractivity contribution in [1.29, 1.82) is 0 Å². The van der Waals surface area contributed by atoms with Gasteiger partial charge in [0.2, 0.25) is 0 Å². The molecule has 0 atom stereocenters. The molecule has 0 spiro atoms. The van der Waals surface area contributed by atoms with E-state index in [1.165, 1.54) is 0 Å². The summed E-state index contributed by atoms with van der Waals surface area (Å²) in [6.45, 7) is 3.72. The van der Waals surface area contributed by atoms with E-state index >= 15 is 0 Å². The van der Waals surface area contributed by atoms with Crippen LogP contribution in [0.2, 0.25) is 0 Å². The van der Waals surface area contributed by atoms with Gasteiger partial charge in [-0.3, -0.25) is 0 Å². The average Bonchev–Trinajstić information content (AvgIpc) is 1.61. The summed E-state index contributed by atoms with van der Waals surface area (Å²) in [4.78, 5) is 10.2. The van der Waals surface area contributed by atoms with Crippen molar-refractivity contribution in [3.05, 3.63) is 0 Å². The van der Waals surface area contributed by atoms with Gasteiger partial charge in [0.1, 0.15) is 5.78 Å². The van der Waals surface area contributed by atoms with Crippen molar-refractivity contribution in [2.24, 2.45) is 0 Å². The minimum atomic E-state index is 0. The van der Waals surface area contributed by atoms with Crippen LogP contribution in [0.25, 0.3) is 0 Å². The van der Waals surface area contributed by atoms with Gasteiger partial charge in [0, 0.05) is 6.42 Å². The second-order valence-corrected chi connectivity index (χ2v) is 1.81. The number of ketones is 1. The van der Waals surface area contributed by atoms with Crippen LogP contribution in [0.15, 0.2) is 0 Å². The number of unbranched alkanes of at least 4 members (excludes halogenated alkanes) is 1. The van der Waals surface area contributed by atoms with E-state index < -0.39 is 0 Å². The van der Waals surface area contributed by atoms with Crippen molar-refractivity contribution < 1.29 is 35.8 Å². The fraction of sp³-hybridized carbons (Fsp3) is 0.833. The number of hydrogen-bond acceptors (Lipinski definition) is 1. The first kappa shape index (κ1) is 11.5. The van der Waals surface area contributed by atoms with E-state index in [2.05, 4.69) is 6.92 Å². The Morgan fingerprint density at radius 3 is 2.25 bits per heavy atom. The average molecular weight is 124 g/mol. The summed E-state index contributed by atoms with van der Waals surface area (Å²) in [6, 6.07) is 0. The first-order valence-electron chi connectivity index (χ1n) is 2.76. The normalized spacial score (nSPS) is 7.75. The summed E-state index contributed by atoms with van der Waals surface area (Å²) in [6.07, 6.45) is 2.94. The fourth-order valence-electron chi connectivity index (χ4n) is 0.426. The molecule has 0 radical (unpaired) electrons. The molecular formula is C6H13NaO. The molecule has 0 aromatic heterocycles. The number of rotatable bonds is 3. The zero-order valence-corrected chi connectivity index (χ0v) is 8.03. The number of carbonyl (C=O) groups excluding carboxylic acids is 1. The van der Waals surface area contributed by atoms with Crippen LogP contribution in [0.4, 0.5) is 0 Å². The molecule has 0 aromatic rings. The van der Waals surface area contributed by atoms with E-state index in [1.807, 2.05) is 0 Å². The van der Waals surface area contributed by atoms with Crippen molar-refractivity contribution in [1.82, 2.24) is 0 Å². The molecule has 44 valence electrons. The Morgan fingerprint density at radius 2 is 2.12 bits per heavy atom. The summed E-state index contributed by atoms with van der Waals surface area (Å²) in [5.41, 5.74) is 0. The Kier molecular flexibility index (Phi) is 11.0. The van der Waals surface area contributed by atoms with Crippen molar-refractivity contribution in [3.8, 4) is 0 Å². The van der Waals surface area contributed by atoms with Gasteiger partial charge in [0.25, 0.3) is 0 Å². The second-order valence-electron chi connectivity index (χ2n) is 1.81. The minimum Gasteiger partial charge on any atom is -1.00 e. The zero-order valence-electron chi connectivity index (χ0n) is 7.03. The first-order valence-corrected chi connectivity index (χ1v) is 2.76. The van der Waals surface area contributed by atoms with Gasteiger partial charge in [-0.1, -0.05) is 13.3 Å². The van der Waals surface area contributed by atoms with Crippen LogP contribution in [0, 0.1) is 0 Å². The van der Waals surface area contributed by atoms with Gasteiger partial charge >= 0.3 is 29.6 Å². The molecule has 0 heterocycles. The quantitative estimate of drug-likeness (QED) is 0.436. The number of carbonyl (C=O) groups is 1. The smallest absolute Gasteiger partial charge is 1.00 e. The molecule has 0 fully saturated rings. The van der Waals surface area contributed by atoms with Gasteiger partial charge in [0.05, 0.1) is 0 Å². The molecule has 0 aliphatic carbocycles. The zero-order chi connectivity index (χ0) is 5.70. The minimum absolute atomic E-state index is 0. The van der Waals surface area contributed by atoms with Crippen LogP contribution < -0.4 is 29.6 Å². The predicted molar refractivity (Wildman–Crippen MR) is 31.3 cm³/mol. The van der Waals surface area contributed by atoms with Crippen LogP contribution in [0.1, 0.15) is 34.5 Å². The third-order valence-electron chi connectivity index (χ3n) is 0.882. The third kappa shape index (κ3) is 9.83. The fourth-order valence-corrected chi connectivity index (χ4v) is 0.426. The molecule has 0 aromatic carbocycles. The predicted octanol–water partition coefficient (Wildman–Crippen LogP) is -1.12. The maximum absolute atomic E-state index is 10.2. The summed E-state index contributed by atoms with van der Waals surface area (Å²) >= 11 is 0. The van der Waals surface area contributed by atoms with Crippen molar-refractivity contribution in [2.75, 3.05) is 0 Å². The Morgan fingerprint density at radius 1 is 1.62 bits per heavy atom. The SMILES string of the molecule is CCCCC(C)=O.[H-].[Na+]. The van der Waals surface area contributed by atoms with Crippen molar-refractivity contribution in [3.63, 3.8) is 0 Å². The molecule has 0 aliphatic rings. The molecule has 2 heteroatoms. The van der Waals surface area contributed by atoms with Gasteiger partial charge in [-0.05, 0) is 13.3 Å². The topological polar surface area (TPSA) is 17.1 Å². The Hall–Kier alpha value is 0.670. The third-order valence-corrected chi connectivity index (χ3v) is 0.882. The molecule has 0 saturated carbocycles. The van der Waals surface area contributed by atoms with Crippen LogP contribution >= 0.6 is 0 Å². The van der Waals surface area contributed by atoms with Crippen LogP contribution in [-0.2, 0) is 4.79 Å². The van der Waals surface area contributed by atoms with Crippen LogP contribution in [0.3, 0.4) is 0 Å². The number of hydrogen-bond donors (Lipinski definition) is 0. The largest absolute Gasteiger partial charge is 1.00 e. The van der Waals surface area contributed by atoms with Gasteiger partial charge in [-0.2, -0.15) is 0 Å². The van der Waals surface area contributed by atoms with Crippen LogP contribution in [0.5, 0.6) is 0 Å². The Labute approximate surface area is 74.6 Å². The van der Waals surface area contributed by atoms with E-state index in [1.54, 1.807) is 6.92 Å². The summed E-state index contributed by atoms with van der Waals surface area (Å²) in [5, 5.41) is 0.